The molecule has 3 aliphatic rings. The van der Waals surface area contributed by atoms with E-state index in [4.69, 9.17) is 19.4 Å². The number of hydrogen-bond donors (Lipinski definition) is 3. The molecule has 0 amide bonds. The molecule has 2 aromatic carbocycles. The smallest absolute Gasteiger partial charge is 0.229 e. The topological polar surface area (TPSA) is 116 Å². The summed E-state index contributed by atoms with van der Waals surface area (Å²) in [7, 11) is 3.25. The van der Waals surface area contributed by atoms with E-state index in [-0.39, 0.29) is 0 Å². The van der Waals surface area contributed by atoms with Gasteiger partial charge in [0.15, 0.2) is 5.75 Å². The Morgan fingerprint density at radius 2 is 1.86 bits per heavy atom. The SMILES string of the molecule is COc1cc(N2CCC(N3CC(N(C)C)C3)CC2)c(C)cc1Nc1ncc(Br)c(Nc2ccc3c(c2P(C)(C)=O)ONO3)n1. The average Bonchev–Trinajstić information content (AvgIpc) is 3.42. The van der Waals surface area contributed by atoms with E-state index in [0.717, 1.165) is 37.2 Å². The van der Waals surface area contributed by atoms with E-state index in [1.54, 1.807) is 38.8 Å². The molecule has 6 rings (SSSR count). The highest BCUT2D eigenvalue weighted by molar-refractivity contribution is 9.10. The third-order valence-electron chi connectivity index (χ3n) is 8.63. The molecule has 0 aliphatic carbocycles. The Morgan fingerprint density at radius 1 is 1.11 bits per heavy atom. The van der Waals surface area contributed by atoms with Crippen molar-refractivity contribution in [2.24, 2.45) is 0 Å². The van der Waals surface area contributed by atoms with Crippen molar-refractivity contribution in [2.75, 3.05) is 76.2 Å². The zero-order valence-electron chi connectivity index (χ0n) is 26.0. The number of nitrogens with one attached hydrogen (secondary N) is 3. The number of piperidine rings is 1. The van der Waals surface area contributed by atoms with Gasteiger partial charge in [0, 0.05) is 61.9 Å². The zero-order chi connectivity index (χ0) is 31.2. The molecular formula is C30H40BrN8O4P. The molecule has 0 bridgehead atoms. The molecule has 4 heterocycles. The molecule has 14 heteroatoms. The number of benzene rings is 2. The number of aromatic nitrogens is 2. The van der Waals surface area contributed by atoms with Gasteiger partial charge < -0.3 is 39.4 Å². The van der Waals surface area contributed by atoms with Crippen LogP contribution in [-0.2, 0) is 4.57 Å². The van der Waals surface area contributed by atoms with Gasteiger partial charge in [0.05, 0.1) is 28.3 Å². The van der Waals surface area contributed by atoms with Crippen molar-refractivity contribution in [3.8, 4) is 17.2 Å². The van der Waals surface area contributed by atoms with Crippen molar-refractivity contribution >= 4 is 57.2 Å². The fourth-order valence-electron chi connectivity index (χ4n) is 6.11. The van der Waals surface area contributed by atoms with Gasteiger partial charge in [0.2, 0.25) is 11.7 Å². The number of ether oxygens (including phenoxy) is 1. The molecule has 3 aromatic rings. The minimum absolute atomic E-state index is 0.382. The van der Waals surface area contributed by atoms with Gasteiger partial charge in [0.1, 0.15) is 18.7 Å². The molecule has 0 saturated carbocycles. The van der Waals surface area contributed by atoms with E-state index in [9.17, 15) is 4.57 Å². The number of methoxy groups -OCH3 is 1. The molecule has 0 radical (unpaired) electrons. The number of hydrogen-bond acceptors (Lipinski definition) is 12. The van der Waals surface area contributed by atoms with Gasteiger partial charge >= 0.3 is 0 Å². The molecule has 3 aliphatic heterocycles. The summed E-state index contributed by atoms with van der Waals surface area (Å²) in [5.74, 6) is 2.47. The Bertz CT molecular complexity index is 1590. The lowest BCUT2D eigenvalue weighted by Gasteiger charge is -2.49. The van der Waals surface area contributed by atoms with Crippen LogP contribution in [0.25, 0.3) is 0 Å². The maximum absolute atomic E-state index is 13.2. The van der Waals surface area contributed by atoms with E-state index in [1.807, 2.05) is 0 Å². The van der Waals surface area contributed by atoms with E-state index in [1.165, 1.54) is 18.8 Å². The summed E-state index contributed by atoms with van der Waals surface area (Å²) in [6.07, 6.45) is 4.00. The Morgan fingerprint density at radius 3 is 2.55 bits per heavy atom. The standard InChI is InChI=1S/C30H40BrN8O4P/c1-18-13-23(26(41-4)14-24(18)38-11-9-19(10-12-38)39-16-20(17-39)37(2)3)34-30-32-15-21(31)29(35-30)33-22-7-8-25-27(43-36-42-25)28(22)44(5,6)40/h7-8,13-15,19-20,36H,9-12,16-17H2,1-6H3,(H2,32,33,34,35). The molecule has 0 spiro atoms. The molecule has 12 nitrogen and oxygen atoms in total. The van der Waals surface area contributed by atoms with Gasteiger partial charge in [-0.05, 0) is 86.9 Å². The normalized spacial score (nSPS) is 17.6. The summed E-state index contributed by atoms with van der Waals surface area (Å²) < 4.78 is 19.7. The lowest BCUT2D eigenvalue weighted by Crippen LogP contribution is -2.62. The number of likely N-dealkylation sites (tertiary alicyclic amines) is 1. The first-order chi connectivity index (χ1) is 21.0. The number of fused-ring (bicyclic) bond motifs is 1. The van der Waals surface area contributed by atoms with E-state index < -0.39 is 7.14 Å². The number of rotatable bonds is 9. The van der Waals surface area contributed by atoms with Crippen molar-refractivity contribution in [3.63, 3.8) is 0 Å². The van der Waals surface area contributed by atoms with Crippen LogP contribution in [0.3, 0.4) is 0 Å². The van der Waals surface area contributed by atoms with E-state index >= 15 is 0 Å². The van der Waals surface area contributed by atoms with Gasteiger partial charge in [-0.2, -0.15) is 4.98 Å². The monoisotopic (exact) mass is 686 g/mol. The Balaban J connectivity index is 1.18. The number of anilines is 5. The van der Waals surface area contributed by atoms with Crippen LogP contribution in [-0.4, -0.2) is 92.6 Å². The predicted molar refractivity (Wildman–Crippen MR) is 178 cm³/mol. The average molecular weight is 688 g/mol. The van der Waals surface area contributed by atoms with Crippen LogP contribution in [0.5, 0.6) is 17.2 Å². The van der Waals surface area contributed by atoms with Gasteiger partial charge in [-0.15, -0.1) is 0 Å². The van der Waals surface area contributed by atoms with Crippen LogP contribution in [0.1, 0.15) is 18.4 Å². The quantitative estimate of drug-likeness (QED) is 0.271. The summed E-state index contributed by atoms with van der Waals surface area (Å²) in [5.41, 5.74) is 6.09. The van der Waals surface area contributed by atoms with Gasteiger partial charge in [-0.25, -0.2) is 4.98 Å². The van der Waals surface area contributed by atoms with Crippen molar-refractivity contribution < 1.29 is 19.0 Å². The molecule has 2 fully saturated rings. The van der Waals surface area contributed by atoms with E-state index in [0.29, 0.717) is 56.6 Å². The minimum atomic E-state index is -2.77. The van der Waals surface area contributed by atoms with Crippen LogP contribution in [0.2, 0.25) is 0 Å². The molecule has 0 unspecified atom stereocenters. The summed E-state index contributed by atoms with van der Waals surface area (Å²) in [5, 5.41) is 7.17. The highest BCUT2D eigenvalue weighted by atomic mass is 79.9. The first-order valence-corrected chi connectivity index (χ1v) is 18.1. The summed E-state index contributed by atoms with van der Waals surface area (Å²) in [6.45, 7) is 9.89. The zero-order valence-corrected chi connectivity index (χ0v) is 28.5. The molecule has 3 N–H and O–H groups in total. The largest absolute Gasteiger partial charge is 0.494 e. The number of likely N-dealkylation sites (N-methyl/N-ethyl adjacent to an activating group) is 1. The second-order valence-electron chi connectivity index (χ2n) is 12.2. The summed E-state index contributed by atoms with van der Waals surface area (Å²) in [6, 6.07) is 9.08. The lowest BCUT2D eigenvalue weighted by atomic mass is 9.96. The summed E-state index contributed by atoms with van der Waals surface area (Å²) >= 11 is 3.55. The highest BCUT2D eigenvalue weighted by Gasteiger charge is 2.35. The van der Waals surface area contributed by atoms with Crippen molar-refractivity contribution in [2.45, 2.75) is 31.8 Å². The van der Waals surface area contributed by atoms with Crippen molar-refractivity contribution in [3.05, 3.63) is 40.5 Å². The molecule has 1 aromatic heterocycles. The molecular weight excluding hydrogens is 647 g/mol. The Kier molecular flexibility index (Phi) is 8.69. The molecule has 0 atom stereocenters. The molecule has 44 heavy (non-hydrogen) atoms. The summed E-state index contributed by atoms with van der Waals surface area (Å²) in [4.78, 5) is 27.3. The Labute approximate surface area is 266 Å². The minimum Gasteiger partial charge on any atom is -0.494 e. The maximum Gasteiger partial charge on any atom is 0.229 e. The third kappa shape index (κ3) is 6.21. The predicted octanol–water partition coefficient (Wildman–Crippen LogP) is 4.70. The second-order valence-corrected chi connectivity index (χ2v) is 16.2. The highest BCUT2D eigenvalue weighted by Crippen LogP contribution is 2.47. The number of nitrogens with zero attached hydrogens (tertiary/aromatic N) is 5. The van der Waals surface area contributed by atoms with Crippen LogP contribution in [0.4, 0.5) is 28.8 Å². The molecule has 236 valence electrons. The van der Waals surface area contributed by atoms with Gasteiger partial charge in [-0.3, -0.25) is 4.90 Å². The maximum atomic E-state index is 13.2. The fraction of sp³-hybridized carbons (Fsp3) is 0.467. The van der Waals surface area contributed by atoms with Crippen LogP contribution >= 0.6 is 23.1 Å². The number of halogens is 1. The third-order valence-corrected chi connectivity index (χ3v) is 10.7. The van der Waals surface area contributed by atoms with Gasteiger partial charge in [-0.1, -0.05) is 0 Å². The first kappa shape index (κ1) is 30.9. The first-order valence-electron chi connectivity index (χ1n) is 14.7. The van der Waals surface area contributed by atoms with E-state index in [2.05, 4.69) is 85.0 Å². The van der Waals surface area contributed by atoms with Gasteiger partial charge in [0.25, 0.3) is 0 Å². The van der Waals surface area contributed by atoms with Crippen molar-refractivity contribution in [1.29, 1.82) is 0 Å². The van der Waals surface area contributed by atoms with Crippen molar-refractivity contribution in [1.82, 2.24) is 25.4 Å². The number of aryl methyl sites for hydroxylation is 1. The van der Waals surface area contributed by atoms with Crippen LogP contribution in [0.15, 0.2) is 34.9 Å². The molecule has 2 saturated heterocycles. The Hall–Kier alpha value is -3.09. The lowest BCUT2D eigenvalue weighted by molar-refractivity contribution is 0.0188. The van der Waals surface area contributed by atoms with Crippen LogP contribution < -0.4 is 40.9 Å². The second kappa shape index (κ2) is 12.4. The fourth-order valence-corrected chi connectivity index (χ4v) is 7.75. The van der Waals surface area contributed by atoms with Crippen LogP contribution in [0, 0.1) is 6.92 Å².